The number of nitrogens with two attached hydrogens (primary N) is 3. The Hall–Kier alpha value is -2.24. The van der Waals surface area contributed by atoms with E-state index in [1.54, 1.807) is 0 Å². The molecule has 144 valence electrons. The van der Waals surface area contributed by atoms with E-state index in [-0.39, 0.29) is 19.3 Å². The van der Waals surface area contributed by atoms with Gasteiger partial charge >= 0.3 is 5.97 Å². The number of aliphatic hydroxyl groups excluding tert-OH is 1. The molecular weight excluding hydrogens is 334 g/mol. The molecule has 0 aliphatic carbocycles. The van der Waals surface area contributed by atoms with Crippen LogP contribution >= 0.6 is 0 Å². The molecule has 0 heterocycles. The Morgan fingerprint density at radius 2 is 1.56 bits per heavy atom. The summed E-state index contributed by atoms with van der Waals surface area (Å²) < 4.78 is 0. The monoisotopic (exact) mass is 361 g/mol. The Bertz CT molecular complexity index is 473. The lowest BCUT2D eigenvalue weighted by molar-refractivity contribution is -0.142. The van der Waals surface area contributed by atoms with Crippen LogP contribution in [-0.2, 0) is 19.2 Å². The average molecular weight is 361 g/mol. The van der Waals surface area contributed by atoms with Gasteiger partial charge in [-0.25, -0.2) is 4.79 Å². The number of nitrogens with one attached hydrogen (secondary N) is 2. The third kappa shape index (κ3) is 9.59. The lowest BCUT2D eigenvalue weighted by atomic mass is 10.1. The number of primary amides is 1. The third-order valence-corrected chi connectivity index (χ3v) is 3.41. The number of aliphatic hydroxyl groups is 1. The van der Waals surface area contributed by atoms with Crippen LogP contribution in [0.3, 0.4) is 0 Å². The van der Waals surface area contributed by atoms with E-state index in [9.17, 15) is 19.2 Å². The summed E-state index contributed by atoms with van der Waals surface area (Å²) in [4.78, 5) is 46.2. The number of carboxylic acids is 1. The van der Waals surface area contributed by atoms with E-state index in [1.165, 1.54) is 0 Å². The summed E-state index contributed by atoms with van der Waals surface area (Å²) in [7, 11) is 0. The standard InChI is InChI=1S/C14H27N5O6/c15-6-2-1-3-10(14(24)25)19-13(23)9(4-5-11(17)21)18-12(22)8(16)7-20/h8-10,20H,1-7,15-16H2,(H2,17,21)(H,18,22)(H,19,23)(H,24,25). The SMILES string of the molecule is NCCCCC(NC(=O)C(CCC(N)=O)NC(=O)C(N)CO)C(=O)O. The fraction of sp³-hybridized carbons (Fsp3) is 0.714. The van der Waals surface area contributed by atoms with Crippen molar-refractivity contribution < 1.29 is 29.4 Å². The molecule has 0 rings (SSSR count). The molecule has 0 aliphatic heterocycles. The van der Waals surface area contributed by atoms with Crippen LogP contribution in [-0.4, -0.2) is 65.2 Å². The molecule has 0 aromatic heterocycles. The maximum Gasteiger partial charge on any atom is 0.326 e. The van der Waals surface area contributed by atoms with E-state index < -0.39 is 48.4 Å². The number of hydrogen-bond donors (Lipinski definition) is 7. The van der Waals surface area contributed by atoms with Crippen molar-refractivity contribution in [2.75, 3.05) is 13.2 Å². The molecule has 0 saturated carbocycles. The van der Waals surface area contributed by atoms with Gasteiger partial charge in [0.2, 0.25) is 17.7 Å². The van der Waals surface area contributed by atoms with E-state index in [0.717, 1.165) is 0 Å². The number of unbranched alkanes of at least 4 members (excludes halogenated alkanes) is 1. The second-order valence-corrected chi connectivity index (χ2v) is 5.54. The van der Waals surface area contributed by atoms with Gasteiger partial charge in [-0.05, 0) is 32.2 Å². The summed E-state index contributed by atoms with van der Waals surface area (Å²) in [6.07, 6.45) is 0.955. The zero-order valence-corrected chi connectivity index (χ0v) is 13.9. The van der Waals surface area contributed by atoms with Crippen molar-refractivity contribution in [1.29, 1.82) is 0 Å². The van der Waals surface area contributed by atoms with E-state index in [0.29, 0.717) is 19.4 Å². The molecule has 0 aliphatic rings. The van der Waals surface area contributed by atoms with Gasteiger partial charge in [0.25, 0.3) is 0 Å². The number of amides is 3. The molecule has 0 saturated heterocycles. The number of carbonyl (C=O) groups is 4. The molecule has 10 N–H and O–H groups in total. The Morgan fingerprint density at radius 3 is 2.04 bits per heavy atom. The van der Waals surface area contributed by atoms with E-state index in [1.807, 2.05) is 0 Å². The Kier molecular flexibility index (Phi) is 11.1. The van der Waals surface area contributed by atoms with Gasteiger partial charge in [0.1, 0.15) is 18.1 Å². The molecule has 0 spiro atoms. The highest BCUT2D eigenvalue weighted by molar-refractivity contribution is 5.92. The minimum Gasteiger partial charge on any atom is -0.480 e. The topological polar surface area (TPSA) is 211 Å². The van der Waals surface area contributed by atoms with Gasteiger partial charge in [0.15, 0.2) is 0 Å². The smallest absolute Gasteiger partial charge is 0.326 e. The normalized spacial score (nSPS) is 14.2. The van der Waals surface area contributed by atoms with Crippen molar-refractivity contribution in [3.05, 3.63) is 0 Å². The first-order chi connectivity index (χ1) is 11.7. The fourth-order valence-corrected chi connectivity index (χ4v) is 1.94. The summed E-state index contributed by atoms with van der Waals surface area (Å²) in [5.41, 5.74) is 15.7. The zero-order valence-electron chi connectivity index (χ0n) is 13.9. The van der Waals surface area contributed by atoms with Crippen LogP contribution < -0.4 is 27.8 Å². The van der Waals surface area contributed by atoms with Crippen molar-refractivity contribution >= 4 is 23.7 Å². The maximum atomic E-state index is 12.3. The zero-order chi connectivity index (χ0) is 19.4. The molecule has 0 bridgehead atoms. The Morgan fingerprint density at radius 1 is 0.960 bits per heavy atom. The summed E-state index contributed by atoms with van der Waals surface area (Å²) in [6.45, 7) is -0.233. The van der Waals surface area contributed by atoms with Gasteiger partial charge in [-0.3, -0.25) is 14.4 Å². The molecule has 11 nitrogen and oxygen atoms in total. The predicted molar refractivity (Wildman–Crippen MR) is 87.9 cm³/mol. The molecule has 25 heavy (non-hydrogen) atoms. The van der Waals surface area contributed by atoms with Gasteiger partial charge in [-0.15, -0.1) is 0 Å². The largest absolute Gasteiger partial charge is 0.480 e. The molecule has 3 amide bonds. The van der Waals surface area contributed by atoms with Crippen LogP contribution in [0.15, 0.2) is 0 Å². The van der Waals surface area contributed by atoms with Crippen LogP contribution in [0.1, 0.15) is 32.1 Å². The first kappa shape index (κ1) is 22.8. The van der Waals surface area contributed by atoms with Crippen LogP contribution in [0, 0.1) is 0 Å². The highest BCUT2D eigenvalue weighted by Crippen LogP contribution is 2.04. The van der Waals surface area contributed by atoms with Crippen LogP contribution in [0.5, 0.6) is 0 Å². The van der Waals surface area contributed by atoms with Gasteiger partial charge < -0.3 is 38.0 Å². The first-order valence-corrected chi connectivity index (χ1v) is 7.91. The quantitative estimate of drug-likeness (QED) is 0.165. The summed E-state index contributed by atoms with van der Waals surface area (Å²) in [5, 5.41) is 22.6. The number of carbonyl (C=O) groups excluding carboxylic acids is 3. The summed E-state index contributed by atoms with van der Waals surface area (Å²) >= 11 is 0. The van der Waals surface area contributed by atoms with Gasteiger partial charge in [-0.2, -0.15) is 0 Å². The summed E-state index contributed by atoms with van der Waals surface area (Å²) in [5.74, 6) is -3.49. The average Bonchev–Trinajstić information content (AvgIpc) is 2.56. The van der Waals surface area contributed by atoms with Crippen molar-refractivity contribution in [2.24, 2.45) is 17.2 Å². The summed E-state index contributed by atoms with van der Waals surface area (Å²) in [6, 6.07) is -3.60. The van der Waals surface area contributed by atoms with Gasteiger partial charge in [0.05, 0.1) is 6.61 Å². The highest BCUT2D eigenvalue weighted by atomic mass is 16.4. The third-order valence-electron chi connectivity index (χ3n) is 3.41. The van der Waals surface area contributed by atoms with Crippen molar-refractivity contribution in [2.45, 2.75) is 50.2 Å². The minimum absolute atomic E-state index is 0.125. The molecule has 3 atom stereocenters. The molecule has 3 unspecified atom stereocenters. The fourth-order valence-electron chi connectivity index (χ4n) is 1.94. The number of hydrogen-bond acceptors (Lipinski definition) is 7. The van der Waals surface area contributed by atoms with E-state index in [4.69, 9.17) is 27.4 Å². The second kappa shape index (κ2) is 12.2. The van der Waals surface area contributed by atoms with Crippen LogP contribution in [0.25, 0.3) is 0 Å². The van der Waals surface area contributed by atoms with Crippen molar-refractivity contribution in [3.8, 4) is 0 Å². The van der Waals surface area contributed by atoms with E-state index in [2.05, 4.69) is 10.6 Å². The maximum absolute atomic E-state index is 12.3. The first-order valence-electron chi connectivity index (χ1n) is 7.91. The van der Waals surface area contributed by atoms with Gasteiger partial charge in [0, 0.05) is 6.42 Å². The molecule has 0 aromatic carbocycles. The lowest BCUT2D eigenvalue weighted by Crippen LogP contribution is -2.55. The van der Waals surface area contributed by atoms with Crippen molar-refractivity contribution in [3.63, 3.8) is 0 Å². The predicted octanol–water partition coefficient (Wildman–Crippen LogP) is -3.25. The number of rotatable bonds is 13. The van der Waals surface area contributed by atoms with Crippen LogP contribution in [0.4, 0.5) is 0 Å². The molecular formula is C14H27N5O6. The van der Waals surface area contributed by atoms with Gasteiger partial charge in [-0.1, -0.05) is 0 Å². The molecule has 0 aromatic rings. The molecule has 0 radical (unpaired) electrons. The highest BCUT2D eigenvalue weighted by Gasteiger charge is 2.27. The van der Waals surface area contributed by atoms with Crippen molar-refractivity contribution in [1.82, 2.24) is 10.6 Å². The van der Waals surface area contributed by atoms with E-state index >= 15 is 0 Å². The lowest BCUT2D eigenvalue weighted by Gasteiger charge is -2.22. The molecule has 0 fully saturated rings. The minimum atomic E-state index is -1.25. The van der Waals surface area contributed by atoms with Crippen LogP contribution in [0.2, 0.25) is 0 Å². The Balaban J connectivity index is 4.94. The molecule has 11 heteroatoms. The number of aliphatic carboxylic acids is 1. The Labute approximate surface area is 145 Å². The second-order valence-electron chi connectivity index (χ2n) is 5.54. The number of carboxylic acid groups (broad SMARTS) is 1.